The number of amides is 3. The lowest BCUT2D eigenvalue weighted by Gasteiger charge is -2.10. The van der Waals surface area contributed by atoms with Gasteiger partial charge in [-0.25, -0.2) is 9.59 Å². The van der Waals surface area contributed by atoms with Crippen LogP contribution in [0.15, 0.2) is 18.2 Å². The van der Waals surface area contributed by atoms with Crippen LogP contribution in [0, 0.1) is 0 Å². The number of urea groups is 1. The largest absolute Gasteiger partial charge is 0.497 e. The Morgan fingerprint density at radius 1 is 1.37 bits per heavy atom. The van der Waals surface area contributed by atoms with Crippen LogP contribution in [0.1, 0.15) is 10.4 Å². The van der Waals surface area contributed by atoms with E-state index in [0.717, 1.165) is 0 Å². The SMILES string of the molecule is COc1ccc(NC(=O)NCC(N)=O)c(C(=O)O)c1. The molecule has 0 atom stereocenters. The fourth-order valence-corrected chi connectivity index (χ4v) is 1.27. The number of hydrogen-bond donors (Lipinski definition) is 4. The van der Waals surface area contributed by atoms with Crippen molar-refractivity contribution in [3.63, 3.8) is 0 Å². The Balaban J connectivity index is 2.85. The number of hydrogen-bond acceptors (Lipinski definition) is 4. The van der Waals surface area contributed by atoms with Gasteiger partial charge in [-0.2, -0.15) is 0 Å². The van der Waals surface area contributed by atoms with Gasteiger partial charge in [0, 0.05) is 0 Å². The fourth-order valence-electron chi connectivity index (χ4n) is 1.27. The average Bonchev–Trinajstić information content (AvgIpc) is 2.36. The van der Waals surface area contributed by atoms with Crippen LogP contribution in [0.4, 0.5) is 10.5 Å². The van der Waals surface area contributed by atoms with Gasteiger partial charge in [0.15, 0.2) is 0 Å². The van der Waals surface area contributed by atoms with E-state index in [0.29, 0.717) is 5.75 Å². The van der Waals surface area contributed by atoms with Gasteiger partial charge in [0.25, 0.3) is 0 Å². The fraction of sp³-hybridized carbons (Fsp3) is 0.182. The number of carboxylic acids is 1. The molecular formula is C11H13N3O5. The van der Waals surface area contributed by atoms with Crippen LogP contribution in [-0.4, -0.2) is 36.7 Å². The third-order valence-corrected chi connectivity index (χ3v) is 2.13. The molecule has 1 rings (SSSR count). The number of primary amides is 1. The van der Waals surface area contributed by atoms with E-state index < -0.39 is 17.9 Å². The van der Waals surface area contributed by atoms with Gasteiger partial charge in [-0.1, -0.05) is 0 Å². The summed E-state index contributed by atoms with van der Waals surface area (Å²) in [4.78, 5) is 32.9. The second-order valence-electron chi connectivity index (χ2n) is 3.49. The van der Waals surface area contributed by atoms with Gasteiger partial charge in [0.1, 0.15) is 5.75 Å². The highest BCUT2D eigenvalue weighted by atomic mass is 16.5. The molecule has 3 amide bonds. The number of aromatic carboxylic acids is 1. The number of carbonyl (C=O) groups excluding carboxylic acids is 2. The molecule has 0 heterocycles. The number of ether oxygens (including phenoxy) is 1. The highest BCUT2D eigenvalue weighted by Crippen LogP contribution is 2.21. The van der Waals surface area contributed by atoms with E-state index >= 15 is 0 Å². The average molecular weight is 267 g/mol. The first-order valence-corrected chi connectivity index (χ1v) is 5.18. The summed E-state index contributed by atoms with van der Waals surface area (Å²) in [5, 5.41) is 13.5. The van der Waals surface area contributed by atoms with Gasteiger partial charge in [0.05, 0.1) is 24.9 Å². The molecule has 5 N–H and O–H groups in total. The zero-order valence-electron chi connectivity index (χ0n) is 10.1. The predicted molar refractivity (Wildman–Crippen MR) is 66.2 cm³/mol. The maximum absolute atomic E-state index is 11.4. The standard InChI is InChI=1S/C11H13N3O5/c1-19-6-2-3-8(7(4-6)10(16)17)14-11(18)13-5-9(12)15/h2-4H,5H2,1H3,(H2,12,15)(H,16,17)(H2,13,14,18). The molecule has 102 valence electrons. The first-order chi connectivity index (χ1) is 8.93. The van der Waals surface area contributed by atoms with Gasteiger partial charge in [-0.15, -0.1) is 0 Å². The molecule has 19 heavy (non-hydrogen) atoms. The summed E-state index contributed by atoms with van der Waals surface area (Å²) in [6.45, 7) is -0.343. The number of rotatable bonds is 5. The molecular weight excluding hydrogens is 254 g/mol. The lowest BCUT2D eigenvalue weighted by molar-refractivity contribution is -0.117. The van der Waals surface area contributed by atoms with Crippen LogP contribution >= 0.6 is 0 Å². The molecule has 0 bridgehead atoms. The smallest absolute Gasteiger partial charge is 0.337 e. The summed E-state index contributed by atoms with van der Waals surface area (Å²) in [7, 11) is 1.40. The summed E-state index contributed by atoms with van der Waals surface area (Å²) < 4.78 is 4.89. The van der Waals surface area contributed by atoms with Crippen molar-refractivity contribution < 1.29 is 24.2 Å². The molecule has 0 spiro atoms. The van der Waals surface area contributed by atoms with Crippen molar-refractivity contribution in [2.75, 3.05) is 19.0 Å². The lowest BCUT2D eigenvalue weighted by Crippen LogP contribution is -2.36. The number of anilines is 1. The minimum Gasteiger partial charge on any atom is -0.497 e. The minimum absolute atomic E-state index is 0.0790. The quantitative estimate of drug-likeness (QED) is 0.596. The van der Waals surface area contributed by atoms with Crippen molar-refractivity contribution in [1.82, 2.24) is 5.32 Å². The molecule has 1 aromatic rings. The Hall–Kier alpha value is -2.77. The summed E-state index contributed by atoms with van der Waals surface area (Å²) in [5.74, 6) is -1.58. The number of carbonyl (C=O) groups is 3. The van der Waals surface area contributed by atoms with Crippen LogP contribution in [0.2, 0.25) is 0 Å². The summed E-state index contributed by atoms with van der Waals surface area (Å²) >= 11 is 0. The predicted octanol–water partition coefficient (Wildman–Crippen LogP) is 0.000200. The topological polar surface area (TPSA) is 131 Å². The lowest BCUT2D eigenvalue weighted by atomic mass is 10.1. The van der Waals surface area contributed by atoms with Gasteiger partial charge in [-0.3, -0.25) is 4.79 Å². The monoisotopic (exact) mass is 267 g/mol. The molecule has 0 aliphatic carbocycles. The summed E-state index contributed by atoms with van der Waals surface area (Å²) in [6, 6.07) is 3.42. The number of nitrogens with one attached hydrogen (secondary N) is 2. The molecule has 0 saturated heterocycles. The molecule has 0 radical (unpaired) electrons. The van der Waals surface area contributed by atoms with Crippen molar-refractivity contribution >= 4 is 23.6 Å². The number of benzene rings is 1. The van der Waals surface area contributed by atoms with Crippen molar-refractivity contribution in [1.29, 1.82) is 0 Å². The van der Waals surface area contributed by atoms with Gasteiger partial charge in [0.2, 0.25) is 5.91 Å². The Morgan fingerprint density at radius 2 is 2.05 bits per heavy atom. The number of nitrogens with two attached hydrogens (primary N) is 1. The molecule has 8 heteroatoms. The molecule has 0 aliphatic rings. The third kappa shape index (κ3) is 4.19. The van der Waals surface area contributed by atoms with E-state index in [1.165, 1.54) is 25.3 Å². The van der Waals surface area contributed by atoms with Crippen LogP contribution in [-0.2, 0) is 4.79 Å². The molecule has 0 aromatic heterocycles. The van der Waals surface area contributed by atoms with Crippen LogP contribution < -0.4 is 21.1 Å². The maximum Gasteiger partial charge on any atom is 0.337 e. The van der Waals surface area contributed by atoms with Gasteiger partial charge < -0.3 is 26.2 Å². The second-order valence-corrected chi connectivity index (χ2v) is 3.49. The molecule has 0 aliphatic heterocycles. The van der Waals surface area contributed by atoms with E-state index in [1.54, 1.807) is 0 Å². The number of methoxy groups -OCH3 is 1. The van der Waals surface area contributed by atoms with Crippen LogP contribution in [0.5, 0.6) is 5.75 Å². The highest BCUT2D eigenvalue weighted by molar-refractivity contribution is 6.00. The zero-order valence-corrected chi connectivity index (χ0v) is 10.1. The Kier molecular flexibility index (Phi) is 4.69. The van der Waals surface area contributed by atoms with E-state index in [2.05, 4.69) is 10.6 Å². The van der Waals surface area contributed by atoms with Crippen molar-refractivity contribution in [2.45, 2.75) is 0 Å². The Labute approximate surface area is 108 Å². The zero-order chi connectivity index (χ0) is 14.4. The van der Waals surface area contributed by atoms with Crippen LogP contribution in [0.3, 0.4) is 0 Å². The maximum atomic E-state index is 11.4. The first-order valence-electron chi connectivity index (χ1n) is 5.18. The molecule has 8 nitrogen and oxygen atoms in total. The molecule has 0 unspecified atom stereocenters. The molecule has 0 saturated carbocycles. The van der Waals surface area contributed by atoms with E-state index in [4.69, 9.17) is 15.6 Å². The molecule has 0 fully saturated rings. The van der Waals surface area contributed by atoms with Crippen molar-refractivity contribution in [2.24, 2.45) is 5.73 Å². The Bertz CT molecular complexity index is 515. The normalized spacial score (nSPS) is 9.53. The van der Waals surface area contributed by atoms with Crippen molar-refractivity contribution in [3.05, 3.63) is 23.8 Å². The third-order valence-electron chi connectivity index (χ3n) is 2.13. The first kappa shape index (κ1) is 14.3. The number of carboxylic acid groups (broad SMARTS) is 1. The second kappa shape index (κ2) is 6.24. The summed E-state index contributed by atoms with van der Waals surface area (Å²) in [5.41, 5.74) is 4.81. The van der Waals surface area contributed by atoms with E-state index in [-0.39, 0.29) is 17.8 Å². The minimum atomic E-state index is -1.22. The Morgan fingerprint density at radius 3 is 2.58 bits per heavy atom. The summed E-state index contributed by atoms with van der Waals surface area (Å²) in [6.07, 6.45) is 0. The van der Waals surface area contributed by atoms with Crippen LogP contribution in [0.25, 0.3) is 0 Å². The highest BCUT2D eigenvalue weighted by Gasteiger charge is 2.13. The van der Waals surface area contributed by atoms with Crippen molar-refractivity contribution in [3.8, 4) is 5.75 Å². The van der Waals surface area contributed by atoms with Gasteiger partial charge in [-0.05, 0) is 18.2 Å². The van der Waals surface area contributed by atoms with E-state index in [1.807, 2.05) is 0 Å². The van der Waals surface area contributed by atoms with E-state index in [9.17, 15) is 14.4 Å². The van der Waals surface area contributed by atoms with Gasteiger partial charge >= 0.3 is 12.0 Å². The molecule has 1 aromatic carbocycles.